The number of fused-ring (bicyclic) bond motifs is 3. The third kappa shape index (κ3) is 5.10. The van der Waals surface area contributed by atoms with E-state index in [0.29, 0.717) is 12.0 Å². The maximum Gasteiger partial charge on any atom is 0.308 e. The van der Waals surface area contributed by atoms with Gasteiger partial charge < -0.3 is 4.74 Å². The Balaban J connectivity index is 1.42. The summed E-state index contributed by atoms with van der Waals surface area (Å²) in [5, 5.41) is 0. The van der Waals surface area contributed by atoms with Crippen LogP contribution in [0.25, 0.3) is 0 Å². The maximum absolute atomic E-state index is 12.3. The molecule has 0 aliphatic heterocycles. The summed E-state index contributed by atoms with van der Waals surface area (Å²) in [6, 6.07) is 0. The summed E-state index contributed by atoms with van der Waals surface area (Å²) in [4.78, 5) is 12.3. The Morgan fingerprint density at radius 2 is 1.41 bits per heavy atom. The van der Waals surface area contributed by atoms with Crippen LogP contribution in [-0.4, -0.2) is 12.6 Å². The number of unbranched alkanes of at least 4 members (excludes halogenated alkanes) is 4. The van der Waals surface area contributed by atoms with E-state index >= 15 is 0 Å². The molecule has 0 heterocycles. The highest BCUT2D eigenvalue weighted by molar-refractivity contribution is 5.72. The number of rotatable bonds is 10. The molecule has 27 heavy (non-hydrogen) atoms. The summed E-state index contributed by atoms with van der Waals surface area (Å²) < 4.78 is 5.54. The number of hydrogen-bond donors (Lipinski definition) is 0. The van der Waals surface area contributed by atoms with E-state index in [9.17, 15) is 4.79 Å². The van der Waals surface area contributed by atoms with Gasteiger partial charge in [0.2, 0.25) is 0 Å². The Morgan fingerprint density at radius 3 is 2.00 bits per heavy atom. The summed E-state index contributed by atoms with van der Waals surface area (Å²) in [7, 11) is 0. The Labute approximate surface area is 168 Å². The van der Waals surface area contributed by atoms with E-state index in [-0.39, 0.29) is 11.9 Å². The molecule has 0 aromatic heterocycles. The van der Waals surface area contributed by atoms with Gasteiger partial charge in [-0.05, 0) is 93.8 Å². The van der Waals surface area contributed by atoms with E-state index in [1.807, 2.05) is 0 Å². The zero-order valence-corrected chi connectivity index (χ0v) is 18.2. The van der Waals surface area contributed by atoms with Crippen molar-refractivity contribution in [2.45, 2.75) is 123 Å². The van der Waals surface area contributed by atoms with Crippen LogP contribution in [0.3, 0.4) is 0 Å². The van der Waals surface area contributed by atoms with Crippen LogP contribution in [0.15, 0.2) is 0 Å². The van der Waals surface area contributed by atoms with E-state index in [2.05, 4.69) is 13.8 Å². The van der Waals surface area contributed by atoms with Crippen molar-refractivity contribution < 1.29 is 9.53 Å². The van der Waals surface area contributed by atoms with Gasteiger partial charge in [-0.15, -0.1) is 0 Å². The van der Waals surface area contributed by atoms with E-state index in [4.69, 9.17) is 4.74 Å². The van der Waals surface area contributed by atoms with Crippen LogP contribution in [0.2, 0.25) is 0 Å². The average molecular weight is 377 g/mol. The van der Waals surface area contributed by atoms with Crippen LogP contribution in [0.1, 0.15) is 123 Å². The lowest BCUT2D eigenvalue weighted by atomic mass is 9.47. The third-order valence-electron chi connectivity index (χ3n) is 8.69. The Bertz CT molecular complexity index is 436. The Hall–Kier alpha value is -0.530. The molecular formula is C25H44O2. The standard InChI is InChI=1S/C25H44O2/c1-3-5-7-13-24-14-17-25(18-15-24,19-16-24)22-11-9-21(10-12-22)23(26)27-20-8-6-4-2/h21-22H,3-20H2,1-2H3. The molecule has 4 aliphatic carbocycles. The second-order valence-corrected chi connectivity index (χ2v) is 10.2. The predicted molar refractivity (Wildman–Crippen MR) is 113 cm³/mol. The zero-order chi connectivity index (χ0) is 19.2. The van der Waals surface area contributed by atoms with Crippen LogP contribution in [0, 0.1) is 22.7 Å². The zero-order valence-electron chi connectivity index (χ0n) is 18.2. The van der Waals surface area contributed by atoms with E-state index in [1.165, 1.54) is 89.9 Å². The number of ether oxygens (including phenoxy) is 1. The molecule has 4 fully saturated rings. The minimum absolute atomic E-state index is 0.101. The summed E-state index contributed by atoms with van der Waals surface area (Å²) in [5.41, 5.74) is 1.36. The lowest BCUT2D eigenvalue weighted by molar-refractivity contribution is -0.151. The molecule has 0 atom stereocenters. The molecule has 0 radical (unpaired) electrons. The fourth-order valence-corrected chi connectivity index (χ4v) is 6.61. The molecule has 0 saturated heterocycles. The normalized spacial score (nSPS) is 35.9. The van der Waals surface area contributed by atoms with Crippen molar-refractivity contribution in [3.63, 3.8) is 0 Å². The van der Waals surface area contributed by atoms with Crippen molar-refractivity contribution in [1.82, 2.24) is 0 Å². The van der Waals surface area contributed by atoms with Gasteiger partial charge in [0.1, 0.15) is 0 Å². The molecule has 0 amide bonds. The minimum atomic E-state index is 0.101. The topological polar surface area (TPSA) is 26.3 Å². The third-order valence-corrected chi connectivity index (χ3v) is 8.69. The fourth-order valence-electron chi connectivity index (χ4n) is 6.61. The first-order chi connectivity index (χ1) is 13.1. The molecule has 0 unspecified atom stereocenters. The van der Waals surface area contributed by atoms with Crippen LogP contribution >= 0.6 is 0 Å². The molecule has 4 saturated carbocycles. The second-order valence-electron chi connectivity index (χ2n) is 10.2. The smallest absolute Gasteiger partial charge is 0.308 e. The van der Waals surface area contributed by atoms with E-state index in [1.54, 1.807) is 0 Å². The van der Waals surface area contributed by atoms with Gasteiger partial charge in [0, 0.05) is 0 Å². The molecule has 156 valence electrons. The fraction of sp³-hybridized carbons (Fsp3) is 0.960. The lowest BCUT2D eigenvalue weighted by Crippen LogP contribution is -2.46. The molecule has 4 rings (SSSR count). The average Bonchev–Trinajstić information content (AvgIpc) is 2.73. The monoisotopic (exact) mass is 376 g/mol. The van der Waals surface area contributed by atoms with Gasteiger partial charge in [-0.3, -0.25) is 4.79 Å². The molecule has 0 aromatic carbocycles. The summed E-state index contributed by atoms with van der Waals surface area (Å²) in [5.74, 6) is 1.18. The number of hydrogen-bond acceptors (Lipinski definition) is 2. The van der Waals surface area contributed by atoms with Crippen molar-refractivity contribution >= 4 is 5.97 Å². The molecular weight excluding hydrogens is 332 g/mol. The molecule has 0 aromatic rings. The van der Waals surface area contributed by atoms with Gasteiger partial charge >= 0.3 is 5.97 Å². The molecule has 0 spiro atoms. The molecule has 0 N–H and O–H groups in total. The van der Waals surface area contributed by atoms with Gasteiger partial charge in [-0.1, -0.05) is 46.0 Å². The number of carbonyl (C=O) groups is 1. The number of carbonyl (C=O) groups excluding carboxylic acids is 1. The van der Waals surface area contributed by atoms with Crippen molar-refractivity contribution in [3.8, 4) is 0 Å². The Morgan fingerprint density at radius 1 is 0.815 bits per heavy atom. The first kappa shape index (κ1) is 21.2. The van der Waals surface area contributed by atoms with Crippen LogP contribution < -0.4 is 0 Å². The molecule has 2 heteroatoms. The van der Waals surface area contributed by atoms with Crippen molar-refractivity contribution in [3.05, 3.63) is 0 Å². The van der Waals surface area contributed by atoms with Gasteiger partial charge in [0.05, 0.1) is 12.5 Å². The SMILES string of the molecule is CCCCCOC(=O)C1CCC(C23CCC(CCCCC)(CC2)CC3)CC1. The van der Waals surface area contributed by atoms with Gasteiger partial charge in [0.15, 0.2) is 0 Å². The largest absolute Gasteiger partial charge is 0.465 e. The highest BCUT2D eigenvalue weighted by Gasteiger charge is 2.51. The van der Waals surface area contributed by atoms with E-state index < -0.39 is 0 Å². The highest BCUT2D eigenvalue weighted by Crippen LogP contribution is 2.63. The highest BCUT2D eigenvalue weighted by atomic mass is 16.5. The van der Waals surface area contributed by atoms with Crippen LogP contribution in [0.5, 0.6) is 0 Å². The minimum Gasteiger partial charge on any atom is -0.465 e. The van der Waals surface area contributed by atoms with Gasteiger partial charge in [-0.2, -0.15) is 0 Å². The molecule has 2 bridgehead atoms. The van der Waals surface area contributed by atoms with Crippen molar-refractivity contribution in [1.29, 1.82) is 0 Å². The number of esters is 1. The summed E-state index contributed by atoms with van der Waals surface area (Å²) in [6.07, 6.45) is 22.8. The quantitative estimate of drug-likeness (QED) is 0.292. The van der Waals surface area contributed by atoms with Gasteiger partial charge in [-0.25, -0.2) is 0 Å². The Kier molecular flexibility index (Phi) is 7.68. The van der Waals surface area contributed by atoms with Crippen LogP contribution in [0.4, 0.5) is 0 Å². The first-order valence-corrected chi connectivity index (χ1v) is 12.3. The maximum atomic E-state index is 12.3. The summed E-state index contributed by atoms with van der Waals surface area (Å²) >= 11 is 0. The van der Waals surface area contributed by atoms with E-state index in [0.717, 1.165) is 30.6 Å². The van der Waals surface area contributed by atoms with Crippen LogP contribution in [-0.2, 0) is 9.53 Å². The lowest BCUT2D eigenvalue weighted by Gasteiger charge is -2.58. The van der Waals surface area contributed by atoms with Crippen molar-refractivity contribution in [2.75, 3.05) is 6.61 Å². The summed E-state index contributed by atoms with van der Waals surface area (Å²) in [6.45, 7) is 5.15. The van der Waals surface area contributed by atoms with Crippen molar-refractivity contribution in [2.24, 2.45) is 22.7 Å². The first-order valence-electron chi connectivity index (χ1n) is 12.3. The molecule has 2 nitrogen and oxygen atoms in total. The predicted octanol–water partition coefficient (Wildman–Crippen LogP) is 7.45. The molecule has 4 aliphatic rings. The van der Waals surface area contributed by atoms with Gasteiger partial charge in [0.25, 0.3) is 0 Å². The second kappa shape index (κ2) is 9.79.